The zero-order valence-electron chi connectivity index (χ0n) is 7.93. The Balaban J connectivity index is 2.76. The van der Waals surface area contributed by atoms with E-state index in [0.717, 1.165) is 6.42 Å². The Labute approximate surface area is 87.5 Å². The highest BCUT2D eigenvalue weighted by Gasteiger charge is 2.08. The van der Waals surface area contributed by atoms with Crippen molar-refractivity contribution in [3.05, 3.63) is 23.1 Å². The number of nitrogens with two attached hydrogens (primary N) is 1. The highest BCUT2D eigenvalue weighted by atomic mass is 35.5. The van der Waals surface area contributed by atoms with E-state index in [4.69, 9.17) is 17.3 Å². The van der Waals surface area contributed by atoms with Crippen molar-refractivity contribution in [2.45, 2.75) is 19.4 Å². The van der Waals surface area contributed by atoms with Crippen LogP contribution in [-0.4, -0.2) is 17.6 Å². The lowest BCUT2D eigenvalue weighted by atomic mass is 10.2. The molecule has 0 radical (unpaired) electrons. The number of halogens is 2. The summed E-state index contributed by atoms with van der Waals surface area (Å²) in [4.78, 5) is 3.84. The molecular weight excluding hydrogens is 205 g/mol. The second kappa shape index (κ2) is 5.12. The topological polar surface area (TPSA) is 50.9 Å². The van der Waals surface area contributed by atoms with E-state index in [2.05, 4.69) is 10.3 Å². The van der Waals surface area contributed by atoms with Crippen LogP contribution in [0.2, 0.25) is 5.02 Å². The van der Waals surface area contributed by atoms with Crippen LogP contribution in [0.1, 0.15) is 13.3 Å². The van der Waals surface area contributed by atoms with Crippen molar-refractivity contribution in [2.24, 2.45) is 5.73 Å². The fourth-order valence-electron chi connectivity index (χ4n) is 1.04. The van der Waals surface area contributed by atoms with Gasteiger partial charge in [-0.05, 0) is 12.5 Å². The summed E-state index contributed by atoms with van der Waals surface area (Å²) in [6, 6.07) is 1.26. The van der Waals surface area contributed by atoms with E-state index in [1.165, 1.54) is 12.3 Å². The van der Waals surface area contributed by atoms with Crippen LogP contribution in [0.25, 0.3) is 0 Å². The van der Waals surface area contributed by atoms with Crippen LogP contribution in [0.15, 0.2) is 12.3 Å². The average molecular weight is 218 g/mol. The molecule has 0 aliphatic rings. The van der Waals surface area contributed by atoms with Crippen LogP contribution >= 0.6 is 11.6 Å². The third kappa shape index (κ3) is 2.82. The molecule has 0 fully saturated rings. The summed E-state index contributed by atoms with van der Waals surface area (Å²) in [6.45, 7) is 2.42. The summed E-state index contributed by atoms with van der Waals surface area (Å²) in [6.07, 6.45) is 2.22. The van der Waals surface area contributed by atoms with E-state index in [9.17, 15) is 4.39 Å². The maximum atomic E-state index is 13.2. The molecule has 1 aromatic heterocycles. The molecule has 0 aliphatic heterocycles. The zero-order chi connectivity index (χ0) is 10.6. The summed E-state index contributed by atoms with van der Waals surface area (Å²) in [5, 5.41) is 3.19. The minimum Gasteiger partial charge on any atom is -0.364 e. The van der Waals surface area contributed by atoms with Crippen LogP contribution < -0.4 is 11.1 Å². The monoisotopic (exact) mass is 217 g/mol. The first-order valence-corrected chi connectivity index (χ1v) is 4.82. The maximum absolute atomic E-state index is 13.2. The average Bonchev–Trinajstić information content (AvgIpc) is 2.17. The van der Waals surface area contributed by atoms with Crippen molar-refractivity contribution >= 4 is 17.4 Å². The van der Waals surface area contributed by atoms with Crippen molar-refractivity contribution in [3.8, 4) is 0 Å². The minimum absolute atomic E-state index is 0.0400. The lowest BCUT2D eigenvalue weighted by Gasteiger charge is -2.15. The SMILES string of the molecule is CCC(CN)Nc1ncc(Cl)cc1F. The summed E-state index contributed by atoms with van der Waals surface area (Å²) in [5.41, 5.74) is 5.47. The molecule has 78 valence electrons. The highest BCUT2D eigenvalue weighted by Crippen LogP contribution is 2.16. The predicted molar refractivity (Wildman–Crippen MR) is 56.0 cm³/mol. The number of hydrogen-bond donors (Lipinski definition) is 2. The molecule has 0 saturated heterocycles. The molecule has 0 aromatic carbocycles. The van der Waals surface area contributed by atoms with Gasteiger partial charge in [-0.3, -0.25) is 0 Å². The number of pyridine rings is 1. The van der Waals surface area contributed by atoms with Gasteiger partial charge in [0.05, 0.1) is 5.02 Å². The number of nitrogens with zero attached hydrogens (tertiary/aromatic N) is 1. The molecule has 0 spiro atoms. The number of nitrogens with one attached hydrogen (secondary N) is 1. The normalized spacial score (nSPS) is 12.6. The molecule has 3 N–H and O–H groups in total. The Morgan fingerprint density at radius 2 is 2.43 bits per heavy atom. The van der Waals surface area contributed by atoms with Crippen LogP contribution in [-0.2, 0) is 0 Å². The summed E-state index contributed by atoms with van der Waals surface area (Å²) >= 11 is 5.57. The van der Waals surface area contributed by atoms with Crippen LogP contribution in [0.4, 0.5) is 10.2 Å². The van der Waals surface area contributed by atoms with Gasteiger partial charge in [0.2, 0.25) is 0 Å². The lowest BCUT2D eigenvalue weighted by Crippen LogP contribution is -2.28. The standard InChI is InChI=1S/C9H13ClFN3/c1-2-7(4-12)14-9-8(11)3-6(10)5-13-9/h3,5,7H,2,4,12H2,1H3,(H,13,14). The number of aromatic nitrogens is 1. The third-order valence-electron chi connectivity index (χ3n) is 1.93. The van der Waals surface area contributed by atoms with Crippen LogP contribution in [0.3, 0.4) is 0 Å². The van der Waals surface area contributed by atoms with Crippen molar-refractivity contribution < 1.29 is 4.39 Å². The van der Waals surface area contributed by atoms with Gasteiger partial charge < -0.3 is 11.1 Å². The van der Waals surface area contributed by atoms with Gasteiger partial charge >= 0.3 is 0 Å². The first-order chi connectivity index (χ1) is 6.67. The Morgan fingerprint density at radius 1 is 1.71 bits per heavy atom. The molecule has 0 amide bonds. The first-order valence-electron chi connectivity index (χ1n) is 4.45. The molecule has 0 bridgehead atoms. The Morgan fingerprint density at radius 3 is 2.93 bits per heavy atom. The van der Waals surface area contributed by atoms with Gasteiger partial charge in [-0.2, -0.15) is 0 Å². The molecule has 3 nitrogen and oxygen atoms in total. The molecule has 1 aromatic rings. The van der Waals surface area contributed by atoms with Crippen LogP contribution in [0, 0.1) is 5.82 Å². The van der Waals surface area contributed by atoms with Gasteiger partial charge in [0, 0.05) is 18.8 Å². The minimum atomic E-state index is -0.454. The summed E-state index contributed by atoms with van der Waals surface area (Å²) in [7, 11) is 0. The fourth-order valence-corrected chi connectivity index (χ4v) is 1.19. The first kappa shape index (κ1) is 11.2. The Kier molecular flexibility index (Phi) is 4.10. The van der Waals surface area contributed by atoms with Gasteiger partial charge in [-0.15, -0.1) is 0 Å². The van der Waals surface area contributed by atoms with E-state index in [1.54, 1.807) is 0 Å². The number of anilines is 1. The largest absolute Gasteiger partial charge is 0.364 e. The number of rotatable bonds is 4. The lowest BCUT2D eigenvalue weighted by molar-refractivity contribution is 0.614. The molecule has 1 unspecified atom stereocenters. The Bertz CT molecular complexity index is 302. The maximum Gasteiger partial charge on any atom is 0.166 e. The van der Waals surface area contributed by atoms with E-state index in [-0.39, 0.29) is 16.9 Å². The zero-order valence-corrected chi connectivity index (χ0v) is 8.68. The van der Waals surface area contributed by atoms with E-state index in [1.807, 2.05) is 6.92 Å². The van der Waals surface area contributed by atoms with Gasteiger partial charge in [0.15, 0.2) is 11.6 Å². The molecule has 1 atom stereocenters. The second-order valence-corrected chi connectivity index (χ2v) is 3.41. The fraction of sp³-hybridized carbons (Fsp3) is 0.444. The highest BCUT2D eigenvalue weighted by molar-refractivity contribution is 6.30. The molecule has 0 aliphatic carbocycles. The predicted octanol–water partition coefficient (Wildman–Crippen LogP) is 2.02. The van der Waals surface area contributed by atoms with Crippen LogP contribution in [0.5, 0.6) is 0 Å². The molecule has 1 heterocycles. The Hall–Kier alpha value is -0.870. The molecule has 14 heavy (non-hydrogen) atoms. The van der Waals surface area contributed by atoms with E-state index < -0.39 is 5.82 Å². The summed E-state index contributed by atoms with van der Waals surface area (Å²) in [5.74, 6) is -0.254. The van der Waals surface area contributed by atoms with E-state index in [0.29, 0.717) is 6.54 Å². The van der Waals surface area contributed by atoms with Crippen molar-refractivity contribution in [3.63, 3.8) is 0 Å². The second-order valence-electron chi connectivity index (χ2n) is 2.97. The van der Waals surface area contributed by atoms with Crippen molar-refractivity contribution in [1.29, 1.82) is 0 Å². The van der Waals surface area contributed by atoms with Gasteiger partial charge in [0.25, 0.3) is 0 Å². The molecule has 1 rings (SSSR count). The smallest absolute Gasteiger partial charge is 0.166 e. The number of hydrogen-bond acceptors (Lipinski definition) is 3. The summed E-state index contributed by atoms with van der Waals surface area (Å²) < 4.78 is 13.2. The quantitative estimate of drug-likeness (QED) is 0.812. The van der Waals surface area contributed by atoms with Gasteiger partial charge in [-0.25, -0.2) is 9.37 Å². The van der Waals surface area contributed by atoms with Crippen molar-refractivity contribution in [2.75, 3.05) is 11.9 Å². The van der Waals surface area contributed by atoms with E-state index >= 15 is 0 Å². The van der Waals surface area contributed by atoms with Gasteiger partial charge in [-0.1, -0.05) is 18.5 Å². The molecule has 0 saturated carbocycles. The third-order valence-corrected chi connectivity index (χ3v) is 2.13. The van der Waals surface area contributed by atoms with Crippen molar-refractivity contribution in [1.82, 2.24) is 4.98 Å². The van der Waals surface area contributed by atoms with Gasteiger partial charge in [0.1, 0.15) is 0 Å². The molecular formula is C9H13ClFN3. The molecule has 5 heteroatoms.